The predicted octanol–water partition coefficient (Wildman–Crippen LogP) is 2.54. The Labute approximate surface area is 132 Å². The number of amides is 1. The molecule has 0 radical (unpaired) electrons. The lowest BCUT2D eigenvalue weighted by atomic mass is 10.1. The fourth-order valence-electron chi connectivity index (χ4n) is 2.12. The number of hydrogen-bond acceptors (Lipinski definition) is 6. The molecule has 8 nitrogen and oxygen atoms in total. The molecule has 8 heteroatoms. The maximum absolute atomic E-state index is 12.1. The van der Waals surface area contributed by atoms with Crippen LogP contribution in [0.3, 0.4) is 0 Å². The van der Waals surface area contributed by atoms with Gasteiger partial charge in [-0.3, -0.25) is 4.90 Å². The molecule has 0 bridgehead atoms. The molecule has 1 aromatic rings. The first-order valence-electron chi connectivity index (χ1n) is 6.98. The second-order valence-corrected chi connectivity index (χ2v) is 4.89. The molecule has 1 N–H and O–H groups in total. The van der Waals surface area contributed by atoms with E-state index in [1.165, 1.54) is 0 Å². The van der Waals surface area contributed by atoms with E-state index in [4.69, 9.17) is 14.9 Å². The minimum absolute atomic E-state index is 0.0618. The zero-order valence-electron chi connectivity index (χ0n) is 12.3. The molecule has 1 aromatic carbocycles. The van der Waals surface area contributed by atoms with Crippen LogP contribution in [-0.4, -0.2) is 34.8 Å². The van der Waals surface area contributed by atoms with Crippen LogP contribution in [-0.2, 0) is 20.9 Å². The van der Waals surface area contributed by atoms with E-state index < -0.39 is 18.1 Å². The second-order valence-electron chi connectivity index (χ2n) is 4.89. The number of carbonyl (C=O) groups excluding carboxylic acids is 2. The van der Waals surface area contributed by atoms with E-state index in [1.807, 2.05) is 30.3 Å². The van der Waals surface area contributed by atoms with Crippen molar-refractivity contribution in [2.24, 2.45) is 0 Å². The first-order chi connectivity index (χ1) is 11.1. The van der Waals surface area contributed by atoms with Gasteiger partial charge < -0.3 is 14.6 Å². The number of aliphatic hydroxyl groups is 1. The summed E-state index contributed by atoms with van der Waals surface area (Å²) < 4.78 is 10.0. The number of diazo groups is 1. The molecule has 0 spiro atoms. The number of esters is 1. The van der Waals surface area contributed by atoms with E-state index in [0.29, 0.717) is 0 Å². The number of nitrogens with zero attached hydrogens (tertiary/aromatic N) is 3. The van der Waals surface area contributed by atoms with Crippen LogP contribution >= 0.6 is 0 Å². The first kappa shape index (κ1) is 16.3. The minimum Gasteiger partial charge on any atom is -0.505 e. The van der Waals surface area contributed by atoms with E-state index in [1.54, 1.807) is 0 Å². The third kappa shape index (κ3) is 4.44. The topological polar surface area (TPSA) is 104 Å². The molecule has 23 heavy (non-hydrogen) atoms. The maximum atomic E-state index is 12.1. The van der Waals surface area contributed by atoms with Gasteiger partial charge in [-0.15, -0.1) is 0 Å². The Bertz CT molecular complexity index is 638. The summed E-state index contributed by atoms with van der Waals surface area (Å²) in [4.78, 5) is 27.6. The summed E-state index contributed by atoms with van der Waals surface area (Å²) >= 11 is 0. The van der Waals surface area contributed by atoms with Gasteiger partial charge in [0.15, 0.2) is 17.5 Å². The largest absolute Gasteiger partial charge is 0.505 e. The van der Waals surface area contributed by atoms with E-state index >= 15 is 0 Å². The highest BCUT2D eigenvalue weighted by Crippen LogP contribution is 2.19. The number of benzene rings is 1. The zero-order chi connectivity index (χ0) is 16.7. The molecule has 0 aliphatic carbocycles. The molecular weight excluding hydrogens is 302 g/mol. The normalized spacial score (nSPS) is 17.5. The van der Waals surface area contributed by atoms with Gasteiger partial charge in [0, 0.05) is 6.42 Å². The number of aliphatic hydroxyl groups excluding tert-OH is 1. The minimum atomic E-state index is -0.840. The van der Waals surface area contributed by atoms with Gasteiger partial charge in [-0.1, -0.05) is 30.3 Å². The molecule has 0 aromatic heterocycles. The van der Waals surface area contributed by atoms with Crippen molar-refractivity contribution in [3.63, 3.8) is 0 Å². The highest BCUT2D eigenvalue weighted by molar-refractivity contribution is 5.83. The third-order valence-electron chi connectivity index (χ3n) is 3.31. The summed E-state index contributed by atoms with van der Waals surface area (Å²) in [6.45, 7) is -0.0996. The van der Waals surface area contributed by atoms with Crippen LogP contribution in [0.4, 0.5) is 4.79 Å². The Morgan fingerprint density at radius 3 is 2.91 bits per heavy atom. The van der Waals surface area contributed by atoms with Gasteiger partial charge in [-0.05, 0) is 12.0 Å². The SMILES string of the molecule is N#[N+]/C=C(\O)CC[C@H]1C(=O)OCN1C(=O)OCc1ccccc1. The second kappa shape index (κ2) is 7.79. The van der Waals surface area contributed by atoms with Crippen LogP contribution in [0.25, 0.3) is 4.98 Å². The molecular formula is C15H16N3O5+. The molecule has 0 saturated carbocycles. The van der Waals surface area contributed by atoms with Gasteiger partial charge in [0.25, 0.3) is 0 Å². The Balaban J connectivity index is 1.91. The van der Waals surface area contributed by atoms with Crippen molar-refractivity contribution >= 4 is 12.1 Å². The lowest BCUT2D eigenvalue weighted by Gasteiger charge is -2.19. The Hall–Kier alpha value is -3.08. The fraction of sp³-hybridized carbons (Fsp3) is 0.333. The van der Waals surface area contributed by atoms with Crippen molar-refractivity contribution in [2.75, 3.05) is 6.73 Å². The molecule has 120 valence electrons. The van der Waals surface area contributed by atoms with Crippen molar-refractivity contribution in [1.29, 1.82) is 5.39 Å². The number of rotatable bonds is 5. The lowest BCUT2D eigenvalue weighted by molar-refractivity contribution is -0.139. The van der Waals surface area contributed by atoms with Crippen LogP contribution in [0.1, 0.15) is 18.4 Å². The van der Waals surface area contributed by atoms with Crippen LogP contribution in [0, 0.1) is 5.39 Å². The van der Waals surface area contributed by atoms with E-state index in [2.05, 4.69) is 4.98 Å². The van der Waals surface area contributed by atoms with Crippen molar-refractivity contribution in [3.8, 4) is 0 Å². The summed E-state index contributed by atoms with van der Waals surface area (Å²) in [6, 6.07) is 8.31. The van der Waals surface area contributed by atoms with Crippen molar-refractivity contribution in [2.45, 2.75) is 25.5 Å². The highest BCUT2D eigenvalue weighted by Gasteiger charge is 2.38. The van der Waals surface area contributed by atoms with Gasteiger partial charge in [-0.2, -0.15) is 0 Å². The molecule has 2 rings (SSSR count). The first-order valence-corrected chi connectivity index (χ1v) is 6.98. The summed E-state index contributed by atoms with van der Waals surface area (Å²) in [5.41, 5.74) is 0.828. The van der Waals surface area contributed by atoms with Crippen molar-refractivity contribution in [1.82, 2.24) is 4.90 Å². The lowest BCUT2D eigenvalue weighted by Crippen LogP contribution is -2.38. The molecule has 1 amide bonds. The molecule has 0 unspecified atom stereocenters. The number of allylic oxidation sites excluding steroid dienone is 1. The van der Waals surface area contributed by atoms with Gasteiger partial charge in [0.2, 0.25) is 5.39 Å². The van der Waals surface area contributed by atoms with E-state index in [0.717, 1.165) is 16.7 Å². The van der Waals surface area contributed by atoms with Crippen LogP contribution < -0.4 is 0 Å². The molecule has 1 atom stereocenters. The fourth-order valence-corrected chi connectivity index (χ4v) is 2.12. The van der Waals surface area contributed by atoms with Crippen LogP contribution in [0.2, 0.25) is 0 Å². The maximum Gasteiger partial charge on any atom is 0.413 e. The van der Waals surface area contributed by atoms with E-state index in [-0.39, 0.29) is 31.9 Å². The third-order valence-corrected chi connectivity index (χ3v) is 3.31. The average molecular weight is 318 g/mol. The van der Waals surface area contributed by atoms with Gasteiger partial charge >= 0.3 is 18.3 Å². The Morgan fingerprint density at radius 1 is 1.48 bits per heavy atom. The number of carbonyl (C=O) groups is 2. The summed E-state index contributed by atoms with van der Waals surface area (Å²) in [6.07, 6.45) is 0.391. The Morgan fingerprint density at radius 2 is 2.22 bits per heavy atom. The monoisotopic (exact) mass is 318 g/mol. The van der Waals surface area contributed by atoms with Crippen LogP contribution in [0.15, 0.2) is 42.3 Å². The molecule has 1 fully saturated rings. The van der Waals surface area contributed by atoms with Crippen molar-refractivity contribution < 1.29 is 24.2 Å². The van der Waals surface area contributed by atoms with Gasteiger partial charge in [-0.25, -0.2) is 9.59 Å². The zero-order valence-corrected chi connectivity index (χ0v) is 12.3. The molecule has 1 heterocycles. The predicted molar refractivity (Wildman–Crippen MR) is 78.2 cm³/mol. The molecule has 1 aliphatic rings. The number of ether oxygens (including phenoxy) is 2. The quantitative estimate of drug-likeness (QED) is 0.508. The standard InChI is InChI=1S/C15H15N3O5/c16-17-8-12(19)6-7-13-14(20)23-10-18(13)15(21)22-9-11-4-2-1-3-5-11/h1-5,8,13H,6-7,9-10H2/p+1/b12-8-/t13-/m0/s1. The smallest absolute Gasteiger partial charge is 0.413 e. The van der Waals surface area contributed by atoms with Crippen molar-refractivity contribution in [3.05, 3.63) is 52.8 Å². The van der Waals surface area contributed by atoms with Gasteiger partial charge in [0.1, 0.15) is 12.6 Å². The van der Waals surface area contributed by atoms with E-state index in [9.17, 15) is 14.7 Å². The van der Waals surface area contributed by atoms with Crippen LogP contribution in [0.5, 0.6) is 0 Å². The molecule has 1 aliphatic heterocycles. The van der Waals surface area contributed by atoms with Gasteiger partial charge in [0.05, 0.1) is 0 Å². The highest BCUT2D eigenvalue weighted by atomic mass is 16.6. The summed E-state index contributed by atoms with van der Waals surface area (Å²) in [5.74, 6) is -0.764. The number of cyclic esters (lactones) is 1. The average Bonchev–Trinajstić information content (AvgIpc) is 2.93. The summed E-state index contributed by atoms with van der Waals surface area (Å²) in [7, 11) is 0. The molecule has 1 saturated heterocycles. The summed E-state index contributed by atoms with van der Waals surface area (Å²) in [5, 5.41) is 17.7. The number of hydrogen-bond donors (Lipinski definition) is 1. The Kier molecular flexibility index (Phi) is 5.52.